The number of carbonyl (C=O) groups excluding carboxylic acids is 2. The predicted molar refractivity (Wildman–Crippen MR) is 145 cm³/mol. The van der Waals surface area contributed by atoms with E-state index in [0.717, 1.165) is 20.6 Å². The summed E-state index contributed by atoms with van der Waals surface area (Å²) in [5, 5.41) is 3.33. The van der Waals surface area contributed by atoms with E-state index in [0.29, 0.717) is 34.8 Å². The van der Waals surface area contributed by atoms with E-state index in [1.807, 2.05) is 32.9 Å². The molecule has 0 fully saturated rings. The summed E-state index contributed by atoms with van der Waals surface area (Å²) in [7, 11) is -1.17. The van der Waals surface area contributed by atoms with Crippen LogP contribution in [0.25, 0.3) is 0 Å². The van der Waals surface area contributed by atoms with Gasteiger partial charge in [-0.15, -0.1) is 0 Å². The minimum atomic E-state index is -4.02. The van der Waals surface area contributed by atoms with Gasteiger partial charge < -0.3 is 10.2 Å². The zero-order valence-electron chi connectivity index (χ0n) is 21.9. The molecule has 0 aromatic heterocycles. The second kappa shape index (κ2) is 13.1. The Morgan fingerprint density at radius 1 is 1.06 bits per heavy atom. The van der Waals surface area contributed by atoms with Gasteiger partial charge in [0, 0.05) is 32.2 Å². The topological polar surface area (TPSA) is 90.0 Å². The van der Waals surface area contributed by atoms with E-state index in [1.165, 1.54) is 19.0 Å². The molecule has 0 spiro atoms. The van der Waals surface area contributed by atoms with Crippen molar-refractivity contribution in [1.82, 2.24) is 14.5 Å². The van der Waals surface area contributed by atoms with Crippen molar-refractivity contribution in [2.45, 2.75) is 53.1 Å². The van der Waals surface area contributed by atoms with Crippen LogP contribution in [0.3, 0.4) is 0 Å². The second-order valence-corrected chi connectivity index (χ2v) is 11.4. The third-order valence-electron chi connectivity index (χ3n) is 5.89. The molecule has 10 heteroatoms. The van der Waals surface area contributed by atoms with Crippen molar-refractivity contribution in [3.63, 3.8) is 0 Å². The lowest BCUT2D eigenvalue weighted by Gasteiger charge is -2.34. The van der Waals surface area contributed by atoms with Crippen LogP contribution in [0.15, 0.2) is 42.5 Å². The Kier molecular flexibility index (Phi) is 10.8. The highest BCUT2D eigenvalue weighted by atomic mass is 35.5. The first-order chi connectivity index (χ1) is 16.9. The van der Waals surface area contributed by atoms with Gasteiger partial charge in [-0.2, -0.15) is 12.7 Å². The van der Waals surface area contributed by atoms with Gasteiger partial charge >= 0.3 is 10.2 Å². The van der Waals surface area contributed by atoms with Crippen LogP contribution in [0.1, 0.15) is 43.4 Å². The molecule has 0 aliphatic rings. The molecule has 0 radical (unpaired) electrons. The molecule has 0 aliphatic heterocycles. The molecular formula is C26H37ClN4O4S. The molecule has 198 valence electrons. The van der Waals surface area contributed by atoms with Gasteiger partial charge in [0.1, 0.15) is 12.6 Å². The van der Waals surface area contributed by atoms with Gasteiger partial charge in [-0.1, -0.05) is 55.8 Å². The standard InChI is InChI=1S/C26H37ClN4O4S/c1-7-15-28-26(33)23(8-2)30(17-21-11-9-10-12-22(21)27)25(32)18-31(36(34,35)29(5)6)24-16-19(3)13-14-20(24)4/h9-14,16,23H,7-8,15,17-18H2,1-6H3,(H,28,33). The molecule has 0 heterocycles. The van der Waals surface area contributed by atoms with Gasteiger partial charge in [-0.3, -0.25) is 9.59 Å². The van der Waals surface area contributed by atoms with Crippen molar-refractivity contribution in [1.29, 1.82) is 0 Å². The maximum Gasteiger partial charge on any atom is 0.304 e. The van der Waals surface area contributed by atoms with Gasteiger partial charge in [-0.05, 0) is 55.5 Å². The highest BCUT2D eigenvalue weighted by Gasteiger charge is 2.34. The first-order valence-electron chi connectivity index (χ1n) is 12.0. The maximum atomic E-state index is 13.9. The monoisotopic (exact) mass is 536 g/mol. The van der Waals surface area contributed by atoms with E-state index in [9.17, 15) is 18.0 Å². The van der Waals surface area contributed by atoms with Crippen LogP contribution in [0, 0.1) is 13.8 Å². The number of halogens is 1. The average Bonchev–Trinajstić information content (AvgIpc) is 2.83. The van der Waals surface area contributed by atoms with Crippen molar-refractivity contribution < 1.29 is 18.0 Å². The zero-order chi connectivity index (χ0) is 27.0. The molecule has 2 amide bonds. The van der Waals surface area contributed by atoms with Crippen molar-refractivity contribution in [2.75, 3.05) is 31.5 Å². The van der Waals surface area contributed by atoms with Gasteiger partial charge in [0.15, 0.2) is 0 Å². The number of hydrogen-bond acceptors (Lipinski definition) is 4. The summed E-state index contributed by atoms with van der Waals surface area (Å²) in [4.78, 5) is 28.3. The molecule has 0 bridgehead atoms. The smallest absolute Gasteiger partial charge is 0.304 e. The molecule has 0 aliphatic carbocycles. The number of aryl methyl sites for hydroxylation is 2. The molecule has 2 rings (SSSR count). The Hall–Kier alpha value is -2.62. The first kappa shape index (κ1) is 29.6. The van der Waals surface area contributed by atoms with Crippen LogP contribution in [-0.2, 0) is 26.3 Å². The third-order valence-corrected chi connectivity index (χ3v) is 8.06. The van der Waals surface area contributed by atoms with Gasteiger partial charge in [0.25, 0.3) is 0 Å². The summed E-state index contributed by atoms with van der Waals surface area (Å²) in [6.45, 7) is 7.51. The number of benzene rings is 2. The molecular weight excluding hydrogens is 500 g/mol. The lowest BCUT2D eigenvalue weighted by Crippen LogP contribution is -2.53. The van der Waals surface area contributed by atoms with E-state index in [2.05, 4.69) is 5.32 Å². The second-order valence-electron chi connectivity index (χ2n) is 8.91. The molecule has 36 heavy (non-hydrogen) atoms. The minimum Gasteiger partial charge on any atom is -0.354 e. The van der Waals surface area contributed by atoms with Crippen LogP contribution in [0.2, 0.25) is 5.02 Å². The lowest BCUT2D eigenvalue weighted by molar-refractivity contribution is -0.140. The highest BCUT2D eigenvalue weighted by Crippen LogP contribution is 2.26. The third kappa shape index (κ3) is 7.21. The summed E-state index contributed by atoms with van der Waals surface area (Å²) in [6.07, 6.45) is 1.11. The molecule has 1 N–H and O–H groups in total. The van der Waals surface area contributed by atoms with E-state index < -0.39 is 28.7 Å². The van der Waals surface area contributed by atoms with Crippen LogP contribution in [-0.4, -0.2) is 62.7 Å². The van der Waals surface area contributed by atoms with Crippen molar-refractivity contribution in [2.24, 2.45) is 0 Å². The Bertz CT molecular complexity index is 1170. The fourth-order valence-electron chi connectivity index (χ4n) is 3.79. The summed E-state index contributed by atoms with van der Waals surface area (Å²) < 4.78 is 28.9. The molecule has 1 atom stereocenters. The van der Waals surface area contributed by atoms with Crippen LogP contribution < -0.4 is 9.62 Å². The van der Waals surface area contributed by atoms with E-state index in [4.69, 9.17) is 11.6 Å². The van der Waals surface area contributed by atoms with Crippen LogP contribution in [0.4, 0.5) is 5.69 Å². The van der Waals surface area contributed by atoms with E-state index in [1.54, 1.807) is 37.3 Å². The quantitative estimate of drug-likeness (QED) is 0.445. The number of rotatable bonds is 12. The molecule has 0 saturated carbocycles. The number of carbonyl (C=O) groups is 2. The summed E-state index contributed by atoms with van der Waals surface area (Å²) >= 11 is 6.39. The normalized spacial score (nSPS) is 12.3. The van der Waals surface area contributed by atoms with Crippen molar-refractivity contribution >= 4 is 39.3 Å². The molecule has 8 nitrogen and oxygen atoms in total. The van der Waals surface area contributed by atoms with E-state index >= 15 is 0 Å². The SMILES string of the molecule is CCCNC(=O)C(CC)N(Cc1ccccc1Cl)C(=O)CN(c1cc(C)ccc1C)S(=O)(=O)N(C)C. The number of amides is 2. The van der Waals surface area contributed by atoms with Gasteiger partial charge in [-0.25, -0.2) is 4.31 Å². The molecule has 1 unspecified atom stereocenters. The summed E-state index contributed by atoms with van der Waals surface area (Å²) in [6, 6.07) is 11.8. The Labute approximate surface area is 220 Å². The maximum absolute atomic E-state index is 13.9. The van der Waals surface area contributed by atoms with Gasteiger partial charge in [0.2, 0.25) is 11.8 Å². The zero-order valence-corrected chi connectivity index (χ0v) is 23.5. The number of anilines is 1. The van der Waals surface area contributed by atoms with E-state index in [-0.39, 0.29) is 12.5 Å². The minimum absolute atomic E-state index is 0.0687. The van der Waals surface area contributed by atoms with Gasteiger partial charge in [0.05, 0.1) is 5.69 Å². The number of hydrogen-bond donors (Lipinski definition) is 1. The Balaban J connectivity index is 2.56. The fourth-order valence-corrected chi connectivity index (χ4v) is 5.09. The average molecular weight is 537 g/mol. The first-order valence-corrected chi connectivity index (χ1v) is 13.8. The fraction of sp³-hybridized carbons (Fsp3) is 0.462. The Morgan fingerprint density at radius 3 is 2.31 bits per heavy atom. The molecule has 0 saturated heterocycles. The summed E-state index contributed by atoms with van der Waals surface area (Å²) in [5.74, 6) is -0.784. The largest absolute Gasteiger partial charge is 0.354 e. The Morgan fingerprint density at radius 2 is 1.72 bits per heavy atom. The van der Waals surface area contributed by atoms with Crippen molar-refractivity contribution in [3.8, 4) is 0 Å². The van der Waals surface area contributed by atoms with Crippen LogP contribution in [0.5, 0.6) is 0 Å². The number of nitrogens with one attached hydrogen (secondary N) is 1. The molecule has 2 aromatic carbocycles. The van der Waals surface area contributed by atoms with Crippen LogP contribution >= 0.6 is 11.6 Å². The predicted octanol–water partition coefficient (Wildman–Crippen LogP) is 3.90. The highest BCUT2D eigenvalue weighted by molar-refractivity contribution is 7.90. The lowest BCUT2D eigenvalue weighted by atomic mass is 10.1. The number of nitrogens with zero attached hydrogens (tertiary/aromatic N) is 3. The van der Waals surface area contributed by atoms with Crippen molar-refractivity contribution in [3.05, 3.63) is 64.2 Å². The molecule has 2 aromatic rings. The summed E-state index contributed by atoms with van der Waals surface area (Å²) in [5.41, 5.74) is 2.66.